The third-order valence-corrected chi connectivity index (χ3v) is 5.44. The molecular weight excluding hydrogens is 408 g/mol. The summed E-state index contributed by atoms with van der Waals surface area (Å²) in [6, 6.07) is 1.54. The monoisotopic (exact) mass is 432 g/mol. The first-order valence-corrected chi connectivity index (χ1v) is 9.80. The van der Waals surface area contributed by atoms with E-state index in [1.807, 2.05) is 19.9 Å². The summed E-state index contributed by atoms with van der Waals surface area (Å²) in [6.07, 6.45) is 0.969. The number of anilines is 2. The van der Waals surface area contributed by atoms with Gasteiger partial charge < -0.3 is 31.3 Å². The molecule has 2 atom stereocenters. The van der Waals surface area contributed by atoms with Crippen LogP contribution < -0.4 is 21.1 Å². The summed E-state index contributed by atoms with van der Waals surface area (Å²) in [5.41, 5.74) is 9.04. The van der Waals surface area contributed by atoms with Crippen molar-refractivity contribution in [2.75, 3.05) is 31.3 Å². The Kier molecular flexibility index (Phi) is 6.42. The van der Waals surface area contributed by atoms with E-state index in [1.165, 1.54) is 6.33 Å². The van der Waals surface area contributed by atoms with E-state index < -0.39 is 0 Å². The SMILES string of the molecule is COc1c(C(C)Nc2ncnc(N)c2C(C)=N)cc(Cl)c(C)c1C1CNC(=O)CO1. The van der Waals surface area contributed by atoms with Crippen LogP contribution in [-0.2, 0) is 9.53 Å². The standard InChI is InChI=1S/C20H25ClN6O3/c1-9-13(21)5-12(18(29-4)16(9)14-6-24-15(28)7-30-14)11(3)27-20-17(10(2)22)19(23)25-8-26-20/h5,8,11,14,22H,6-7H2,1-4H3,(H,24,28)(H3,23,25,26,27). The fraction of sp³-hybridized carbons (Fsp3) is 0.400. The maximum absolute atomic E-state index is 11.5. The predicted molar refractivity (Wildman–Crippen MR) is 115 cm³/mol. The molecule has 1 aliphatic rings. The Labute approximate surface area is 179 Å². The van der Waals surface area contributed by atoms with Crippen molar-refractivity contribution in [3.63, 3.8) is 0 Å². The molecule has 5 N–H and O–H groups in total. The van der Waals surface area contributed by atoms with Crippen molar-refractivity contribution >= 4 is 34.9 Å². The number of ether oxygens (including phenoxy) is 2. The third-order valence-electron chi connectivity index (χ3n) is 5.05. The average molecular weight is 433 g/mol. The van der Waals surface area contributed by atoms with Crippen LogP contribution in [0.25, 0.3) is 0 Å². The van der Waals surface area contributed by atoms with Crippen LogP contribution in [0.5, 0.6) is 5.75 Å². The Morgan fingerprint density at radius 1 is 1.50 bits per heavy atom. The minimum Gasteiger partial charge on any atom is -0.496 e. The second-order valence-corrected chi connectivity index (χ2v) is 7.50. The number of amides is 1. The first kappa shape index (κ1) is 21.8. The Morgan fingerprint density at radius 2 is 2.23 bits per heavy atom. The summed E-state index contributed by atoms with van der Waals surface area (Å²) in [7, 11) is 1.58. The van der Waals surface area contributed by atoms with E-state index in [1.54, 1.807) is 14.0 Å². The summed E-state index contributed by atoms with van der Waals surface area (Å²) < 4.78 is 11.5. The zero-order chi connectivity index (χ0) is 22.0. The Bertz CT molecular complexity index is 987. The van der Waals surface area contributed by atoms with Gasteiger partial charge in [0.1, 0.15) is 36.4 Å². The fourth-order valence-corrected chi connectivity index (χ4v) is 3.76. The number of benzene rings is 1. The molecule has 1 saturated heterocycles. The summed E-state index contributed by atoms with van der Waals surface area (Å²) in [4.78, 5) is 19.7. The molecule has 0 radical (unpaired) electrons. The molecule has 1 amide bonds. The van der Waals surface area contributed by atoms with Crippen LogP contribution in [0.2, 0.25) is 5.02 Å². The van der Waals surface area contributed by atoms with Crippen LogP contribution in [-0.4, -0.2) is 41.8 Å². The summed E-state index contributed by atoms with van der Waals surface area (Å²) in [6.45, 7) is 5.75. The molecule has 0 bridgehead atoms. The minimum absolute atomic E-state index is 0.0227. The predicted octanol–water partition coefficient (Wildman–Crippen LogP) is 2.78. The number of hydrogen-bond acceptors (Lipinski definition) is 8. The Morgan fingerprint density at radius 3 is 2.83 bits per heavy atom. The van der Waals surface area contributed by atoms with Gasteiger partial charge in [0.2, 0.25) is 5.91 Å². The second kappa shape index (κ2) is 8.85. The van der Waals surface area contributed by atoms with Crippen molar-refractivity contribution in [2.24, 2.45) is 0 Å². The zero-order valence-electron chi connectivity index (χ0n) is 17.3. The molecule has 1 fully saturated rings. The lowest BCUT2D eigenvalue weighted by Gasteiger charge is -2.29. The second-order valence-electron chi connectivity index (χ2n) is 7.10. The van der Waals surface area contributed by atoms with Gasteiger partial charge >= 0.3 is 0 Å². The third kappa shape index (κ3) is 4.17. The smallest absolute Gasteiger partial charge is 0.246 e. The lowest BCUT2D eigenvalue weighted by atomic mass is 9.94. The average Bonchev–Trinajstić information content (AvgIpc) is 2.70. The summed E-state index contributed by atoms with van der Waals surface area (Å²) in [5, 5.41) is 14.6. The molecule has 1 aromatic heterocycles. The molecule has 1 aromatic carbocycles. The maximum Gasteiger partial charge on any atom is 0.246 e. The number of halogens is 1. The number of nitrogens with one attached hydrogen (secondary N) is 3. The van der Waals surface area contributed by atoms with Gasteiger partial charge in [0, 0.05) is 28.4 Å². The van der Waals surface area contributed by atoms with Gasteiger partial charge in [-0.15, -0.1) is 0 Å². The minimum atomic E-state index is -0.378. The van der Waals surface area contributed by atoms with Crippen LogP contribution in [0.4, 0.5) is 11.6 Å². The number of carbonyl (C=O) groups excluding carboxylic acids is 1. The van der Waals surface area contributed by atoms with E-state index in [0.717, 1.165) is 16.7 Å². The number of nitrogens with zero attached hydrogens (tertiary/aromatic N) is 2. The fourth-order valence-electron chi connectivity index (χ4n) is 3.54. The molecule has 1 aliphatic heterocycles. The lowest BCUT2D eigenvalue weighted by molar-refractivity contribution is -0.133. The van der Waals surface area contributed by atoms with Gasteiger partial charge in [0.15, 0.2) is 0 Å². The van der Waals surface area contributed by atoms with Gasteiger partial charge in [-0.3, -0.25) is 4.79 Å². The zero-order valence-corrected chi connectivity index (χ0v) is 18.1. The van der Waals surface area contributed by atoms with Crippen LogP contribution in [0.3, 0.4) is 0 Å². The number of hydrogen-bond donors (Lipinski definition) is 4. The Balaban J connectivity index is 2.03. The van der Waals surface area contributed by atoms with E-state index in [0.29, 0.717) is 28.7 Å². The number of carbonyl (C=O) groups is 1. The van der Waals surface area contributed by atoms with Gasteiger partial charge in [0.25, 0.3) is 0 Å². The van der Waals surface area contributed by atoms with E-state index in [9.17, 15) is 4.79 Å². The van der Waals surface area contributed by atoms with Crippen molar-refractivity contribution in [1.29, 1.82) is 5.41 Å². The van der Waals surface area contributed by atoms with Crippen molar-refractivity contribution in [1.82, 2.24) is 15.3 Å². The van der Waals surface area contributed by atoms with E-state index in [-0.39, 0.29) is 36.2 Å². The molecule has 0 saturated carbocycles. The summed E-state index contributed by atoms with van der Waals surface area (Å²) >= 11 is 6.54. The van der Waals surface area contributed by atoms with Gasteiger partial charge in [0.05, 0.1) is 18.7 Å². The number of methoxy groups -OCH3 is 1. The number of rotatable bonds is 6. The van der Waals surface area contributed by atoms with Crippen LogP contribution in [0.1, 0.15) is 48.2 Å². The van der Waals surface area contributed by atoms with Gasteiger partial charge in [-0.05, 0) is 32.4 Å². The molecule has 2 aromatic rings. The molecule has 2 unspecified atom stereocenters. The maximum atomic E-state index is 11.5. The molecule has 0 spiro atoms. The lowest BCUT2D eigenvalue weighted by Crippen LogP contribution is -2.39. The van der Waals surface area contributed by atoms with E-state index in [2.05, 4.69) is 20.6 Å². The van der Waals surface area contributed by atoms with Gasteiger partial charge in [-0.25, -0.2) is 9.97 Å². The molecule has 3 rings (SSSR count). The van der Waals surface area contributed by atoms with E-state index in [4.69, 9.17) is 32.2 Å². The first-order valence-electron chi connectivity index (χ1n) is 9.42. The normalized spacial score (nSPS) is 17.2. The molecule has 10 heteroatoms. The highest BCUT2D eigenvalue weighted by Crippen LogP contribution is 2.41. The molecule has 0 aliphatic carbocycles. The number of nitrogen functional groups attached to an aromatic ring is 1. The van der Waals surface area contributed by atoms with E-state index >= 15 is 0 Å². The Hall–Kier alpha value is -2.91. The van der Waals surface area contributed by atoms with Gasteiger partial charge in [-0.2, -0.15) is 0 Å². The largest absolute Gasteiger partial charge is 0.496 e. The molecule has 2 heterocycles. The first-order chi connectivity index (χ1) is 14.2. The summed E-state index contributed by atoms with van der Waals surface area (Å²) in [5.74, 6) is 1.14. The highest BCUT2D eigenvalue weighted by Gasteiger charge is 2.29. The number of nitrogens with two attached hydrogens (primary N) is 1. The van der Waals surface area contributed by atoms with Crippen molar-refractivity contribution in [2.45, 2.75) is 32.9 Å². The molecule has 30 heavy (non-hydrogen) atoms. The van der Waals surface area contributed by atoms with Crippen LogP contribution in [0.15, 0.2) is 12.4 Å². The highest BCUT2D eigenvalue weighted by atomic mass is 35.5. The number of morpholine rings is 1. The van der Waals surface area contributed by atoms with Crippen molar-refractivity contribution < 1.29 is 14.3 Å². The molecule has 160 valence electrons. The van der Waals surface area contributed by atoms with Crippen LogP contribution in [0, 0.1) is 12.3 Å². The quantitative estimate of drug-likeness (QED) is 0.515. The van der Waals surface area contributed by atoms with Crippen molar-refractivity contribution in [3.8, 4) is 5.75 Å². The topological polar surface area (TPSA) is 135 Å². The highest BCUT2D eigenvalue weighted by molar-refractivity contribution is 6.31. The molecule has 9 nitrogen and oxygen atoms in total. The number of aromatic nitrogens is 2. The van der Waals surface area contributed by atoms with Crippen LogP contribution >= 0.6 is 11.6 Å². The molecular formula is C20H25ClN6O3. The van der Waals surface area contributed by atoms with Crippen molar-refractivity contribution in [3.05, 3.63) is 39.7 Å². The van der Waals surface area contributed by atoms with Gasteiger partial charge in [-0.1, -0.05) is 11.6 Å².